The summed E-state index contributed by atoms with van der Waals surface area (Å²) >= 11 is 1.79. The van der Waals surface area contributed by atoms with Crippen molar-refractivity contribution in [2.75, 3.05) is 0 Å². The van der Waals surface area contributed by atoms with Crippen LogP contribution < -0.4 is 0 Å². The minimum Gasteiger partial charge on any atom is -0.103 e. The number of thioether (sulfide) groups is 1. The monoisotopic (exact) mass is 322 g/mol. The first-order chi connectivity index (χ1) is 10.6. The maximum atomic E-state index is 3.91. The van der Waals surface area contributed by atoms with Crippen LogP contribution >= 0.6 is 11.8 Å². The lowest BCUT2D eigenvalue weighted by Gasteiger charge is -2.32. The summed E-state index contributed by atoms with van der Waals surface area (Å²) in [7, 11) is 0. The van der Waals surface area contributed by atoms with Crippen LogP contribution in [0.15, 0.2) is 35.6 Å². The zero-order valence-electron chi connectivity index (χ0n) is 15.3. The van der Waals surface area contributed by atoms with Crippen molar-refractivity contribution in [3.05, 3.63) is 35.6 Å². The molecule has 0 saturated carbocycles. The molecule has 1 atom stereocenters. The molecule has 0 rings (SSSR count). The highest BCUT2D eigenvalue weighted by Gasteiger charge is 2.27. The Hall–Kier alpha value is -0.430. The third-order valence-electron chi connectivity index (χ3n) is 4.49. The fourth-order valence-electron chi connectivity index (χ4n) is 3.01. The summed E-state index contributed by atoms with van der Waals surface area (Å²) < 4.78 is 0. The van der Waals surface area contributed by atoms with Crippen LogP contribution in [0, 0.1) is 5.41 Å². The lowest BCUT2D eigenvalue weighted by Crippen LogP contribution is -2.18. The van der Waals surface area contributed by atoms with Crippen LogP contribution in [-0.2, 0) is 0 Å². The van der Waals surface area contributed by atoms with Crippen LogP contribution in [0.25, 0.3) is 0 Å². The molecule has 0 aromatic carbocycles. The van der Waals surface area contributed by atoms with Gasteiger partial charge in [0, 0.05) is 0 Å². The molecule has 1 heteroatoms. The summed E-state index contributed by atoms with van der Waals surface area (Å²) in [4.78, 5) is 1.45. The van der Waals surface area contributed by atoms with Gasteiger partial charge in [-0.1, -0.05) is 104 Å². The Kier molecular flexibility index (Phi) is 13.9. The van der Waals surface area contributed by atoms with E-state index < -0.39 is 0 Å². The average molecular weight is 323 g/mol. The summed E-state index contributed by atoms with van der Waals surface area (Å²) in [5.74, 6) is 0. The van der Waals surface area contributed by atoms with Crippen molar-refractivity contribution in [3.8, 4) is 0 Å². The van der Waals surface area contributed by atoms with Crippen molar-refractivity contribution < 1.29 is 0 Å². The van der Waals surface area contributed by atoms with Gasteiger partial charge in [0.05, 0.1) is 0 Å². The molecule has 0 aliphatic heterocycles. The Balaban J connectivity index is 4.66. The number of hydrogen-bond donors (Lipinski definition) is 0. The van der Waals surface area contributed by atoms with Crippen LogP contribution in [0.3, 0.4) is 0 Å². The van der Waals surface area contributed by atoms with E-state index in [4.69, 9.17) is 0 Å². The first kappa shape index (κ1) is 21.6. The summed E-state index contributed by atoms with van der Waals surface area (Å²) in [6.45, 7) is 14.8. The molecule has 0 amide bonds. The van der Waals surface area contributed by atoms with E-state index in [2.05, 4.69) is 40.0 Å². The molecule has 22 heavy (non-hydrogen) atoms. The Morgan fingerprint density at radius 3 is 1.82 bits per heavy atom. The lowest BCUT2D eigenvalue weighted by molar-refractivity contribution is 0.322. The average Bonchev–Trinajstić information content (AvgIpc) is 2.51. The van der Waals surface area contributed by atoms with Crippen molar-refractivity contribution in [1.82, 2.24) is 0 Å². The molecule has 0 aliphatic carbocycles. The van der Waals surface area contributed by atoms with Crippen molar-refractivity contribution in [1.29, 1.82) is 0 Å². The summed E-state index contributed by atoms with van der Waals surface area (Å²) in [6, 6.07) is 0. The third-order valence-corrected chi connectivity index (χ3v) is 5.54. The first-order valence-corrected chi connectivity index (χ1v) is 10.1. The second-order valence-corrected chi connectivity index (χ2v) is 7.60. The highest BCUT2D eigenvalue weighted by atomic mass is 32.2. The van der Waals surface area contributed by atoms with Gasteiger partial charge in [0.25, 0.3) is 0 Å². The van der Waals surface area contributed by atoms with Crippen LogP contribution in [-0.4, -0.2) is 0 Å². The molecule has 0 saturated heterocycles. The number of rotatable bonds is 15. The molecule has 128 valence electrons. The normalized spacial score (nSPS) is 14.6. The summed E-state index contributed by atoms with van der Waals surface area (Å²) in [5, 5.41) is 1.97. The van der Waals surface area contributed by atoms with Crippen molar-refractivity contribution in [2.45, 2.75) is 91.4 Å². The van der Waals surface area contributed by atoms with E-state index in [9.17, 15) is 0 Å². The molecular formula is C21H38S. The molecule has 1 unspecified atom stereocenters. The fourth-order valence-corrected chi connectivity index (χ4v) is 3.85. The van der Waals surface area contributed by atoms with E-state index in [0.29, 0.717) is 5.41 Å². The summed E-state index contributed by atoms with van der Waals surface area (Å²) in [5.41, 5.74) is 0.299. The van der Waals surface area contributed by atoms with Crippen LogP contribution in [0.2, 0.25) is 0 Å². The smallest absolute Gasteiger partial charge is 0.00121 e. The van der Waals surface area contributed by atoms with Gasteiger partial charge in [0.15, 0.2) is 0 Å². The largest absolute Gasteiger partial charge is 0.103 e. The Labute approximate surface area is 144 Å². The molecule has 0 nitrogen and oxygen atoms in total. The number of hydrogen-bond acceptors (Lipinski definition) is 1. The summed E-state index contributed by atoms with van der Waals surface area (Å²) in [6.07, 6.45) is 18.9. The number of unbranched alkanes of at least 4 members (excludes halogenated alkanes) is 7. The highest BCUT2D eigenvalue weighted by Crippen LogP contribution is 2.44. The molecule has 0 aliphatic rings. The molecular weight excluding hydrogens is 284 g/mol. The van der Waals surface area contributed by atoms with Crippen LogP contribution in [0.1, 0.15) is 91.4 Å². The molecule has 0 fully saturated rings. The zero-order chi connectivity index (χ0) is 16.7. The van der Waals surface area contributed by atoms with E-state index in [1.807, 2.05) is 11.5 Å². The molecule has 0 spiro atoms. The minimum atomic E-state index is 0.299. The predicted octanol–water partition coefficient (Wildman–Crippen LogP) is 8.27. The van der Waals surface area contributed by atoms with E-state index >= 15 is 0 Å². The van der Waals surface area contributed by atoms with E-state index in [1.54, 1.807) is 11.8 Å². The Morgan fingerprint density at radius 1 is 0.864 bits per heavy atom. The second kappa shape index (κ2) is 14.2. The van der Waals surface area contributed by atoms with Crippen molar-refractivity contribution >= 4 is 11.8 Å². The first-order valence-electron chi connectivity index (χ1n) is 9.25. The quantitative estimate of drug-likeness (QED) is 0.216. The van der Waals surface area contributed by atoms with E-state index in [0.717, 1.165) is 0 Å². The lowest BCUT2D eigenvalue weighted by atomic mass is 9.79. The SMILES string of the molecule is C=C/C=C(\SC=C)C(C)(CCCCCC)CCCCCCC. The molecule has 0 radical (unpaired) electrons. The molecule has 0 heterocycles. The molecule has 0 bridgehead atoms. The zero-order valence-corrected chi connectivity index (χ0v) is 16.1. The second-order valence-electron chi connectivity index (χ2n) is 6.59. The van der Waals surface area contributed by atoms with Crippen molar-refractivity contribution in [2.24, 2.45) is 5.41 Å². The maximum Gasteiger partial charge on any atom is -0.00121 e. The van der Waals surface area contributed by atoms with Gasteiger partial charge in [-0.15, -0.1) is 11.8 Å². The predicted molar refractivity (Wildman–Crippen MR) is 106 cm³/mol. The van der Waals surface area contributed by atoms with Gasteiger partial charge in [-0.3, -0.25) is 0 Å². The van der Waals surface area contributed by atoms with Gasteiger partial charge < -0.3 is 0 Å². The van der Waals surface area contributed by atoms with Crippen LogP contribution in [0.5, 0.6) is 0 Å². The minimum absolute atomic E-state index is 0.299. The van der Waals surface area contributed by atoms with Gasteiger partial charge in [-0.05, 0) is 28.6 Å². The van der Waals surface area contributed by atoms with E-state index in [-0.39, 0.29) is 0 Å². The van der Waals surface area contributed by atoms with Crippen molar-refractivity contribution in [3.63, 3.8) is 0 Å². The third kappa shape index (κ3) is 9.56. The fraction of sp³-hybridized carbons (Fsp3) is 0.714. The van der Waals surface area contributed by atoms with Gasteiger partial charge in [-0.2, -0.15) is 0 Å². The van der Waals surface area contributed by atoms with E-state index in [1.165, 1.54) is 75.5 Å². The maximum absolute atomic E-state index is 3.91. The standard InChI is InChI=1S/C21H38S/c1-6-10-12-14-16-19-21(5,18-15-13-11-7-2)20(17-8-3)22-9-4/h8-9,17H,3-4,6-7,10-16,18-19H2,1-2,5H3/b20-17-. The Morgan fingerprint density at radius 2 is 1.36 bits per heavy atom. The Bertz CT molecular complexity index is 316. The molecule has 0 N–H and O–H groups in total. The van der Waals surface area contributed by atoms with Gasteiger partial charge >= 0.3 is 0 Å². The molecule has 0 aromatic heterocycles. The van der Waals surface area contributed by atoms with Crippen LogP contribution in [0.4, 0.5) is 0 Å². The molecule has 0 aromatic rings. The van der Waals surface area contributed by atoms with Gasteiger partial charge in [0.2, 0.25) is 0 Å². The topological polar surface area (TPSA) is 0 Å². The number of allylic oxidation sites excluding steroid dienone is 3. The van der Waals surface area contributed by atoms with Gasteiger partial charge in [-0.25, -0.2) is 0 Å². The van der Waals surface area contributed by atoms with Gasteiger partial charge in [0.1, 0.15) is 0 Å². The highest BCUT2D eigenvalue weighted by molar-refractivity contribution is 8.05.